The highest BCUT2D eigenvalue weighted by Gasteiger charge is 2.44. The highest BCUT2D eigenvalue weighted by molar-refractivity contribution is 5.76. The molecule has 0 saturated carbocycles. The molecule has 1 aromatic carbocycles. The number of ether oxygens (including phenoxy) is 2. The summed E-state index contributed by atoms with van der Waals surface area (Å²) >= 11 is 0. The Kier molecular flexibility index (Phi) is 2.46. The largest absolute Gasteiger partial charge is 0.457 e. The number of fused-ring (bicyclic) bond motifs is 3. The summed E-state index contributed by atoms with van der Waals surface area (Å²) in [6, 6.07) is 7.91. The number of nitrogens with two attached hydrogens (primary N) is 2. The van der Waals surface area contributed by atoms with E-state index in [4.69, 9.17) is 20.9 Å². The maximum atomic E-state index is 6.07. The standard InChI is InChI=1S/C16H15N3O2/c17-10-5-6-14-12(9-10)16(7-8-20-15(18)19-16)11-3-1-2-4-13(11)21-14/h1-8,10H,9,17H2,(H2,18,19). The number of hydrogen-bond acceptors (Lipinski definition) is 5. The highest BCUT2D eigenvalue weighted by atomic mass is 16.5. The SMILES string of the molecule is NC1=NC2(C=CO1)C1=C(C=CC(N)C1)Oc1ccccc12. The Morgan fingerprint density at radius 3 is 3.00 bits per heavy atom. The summed E-state index contributed by atoms with van der Waals surface area (Å²) < 4.78 is 11.2. The molecule has 1 aromatic rings. The van der Waals surface area contributed by atoms with Crippen LogP contribution in [0.4, 0.5) is 0 Å². The molecule has 2 atom stereocenters. The summed E-state index contributed by atoms with van der Waals surface area (Å²) in [6.07, 6.45) is 8.01. The first kappa shape index (κ1) is 12.2. The zero-order valence-electron chi connectivity index (χ0n) is 11.3. The number of benzene rings is 1. The maximum Gasteiger partial charge on any atom is 0.288 e. The van der Waals surface area contributed by atoms with Gasteiger partial charge >= 0.3 is 0 Å². The Morgan fingerprint density at radius 1 is 1.29 bits per heavy atom. The summed E-state index contributed by atoms with van der Waals surface area (Å²) in [5.41, 5.74) is 13.2. The van der Waals surface area contributed by atoms with Crippen molar-refractivity contribution in [2.75, 3.05) is 0 Å². The van der Waals surface area contributed by atoms with Gasteiger partial charge in [-0.05, 0) is 24.6 Å². The van der Waals surface area contributed by atoms with Crippen molar-refractivity contribution in [3.63, 3.8) is 0 Å². The number of aliphatic imine (C=N–C) groups is 1. The van der Waals surface area contributed by atoms with Crippen molar-refractivity contribution in [3.05, 3.63) is 65.7 Å². The van der Waals surface area contributed by atoms with Crippen LogP contribution in [0, 0.1) is 0 Å². The van der Waals surface area contributed by atoms with E-state index in [0.717, 1.165) is 22.6 Å². The molecule has 2 unspecified atom stereocenters. The molecule has 0 amide bonds. The summed E-state index contributed by atoms with van der Waals surface area (Å²) in [4.78, 5) is 4.59. The van der Waals surface area contributed by atoms with Crippen molar-refractivity contribution in [2.45, 2.75) is 18.0 Å². The van der Waals surface area contributed by atoms with E-state index in [1.165, 1.54) is 0 Å². The van der Waals surface area contributed by atoms with Crippen LogP contribution in [-0.4, -0.2) is 12.1 Å². The predicted octanol–water partition coefficient (Wildman–Crippen LogP) is 1.67. The third-order valence-electron chi connectivity index (χ3n) is 3.99. The molecular weight excluding hydrogens is 266 g/mol. The number of allylic oxidation sites excluding steroid dienone is 1. The topological polar surface area (TPSA) is 82.9 Å². The minimum absolute atomic E-state index is 0.0536. The highest BCUT2D eigenvalue weighted by Crippen LogP contribution is 2.49. The van der Waals surface area contributed by atoms with Crippen LogP contribution in [0.2, 0.25) is 0 Å². The van der Waals surface area contributed by atoms with Gasteiger partial charge in [0.1, 0.15) is 17.0 Å². The summed E-state index contributed by atoms with van der Waals surface area (Å²) in [5.74, 6) is 1.57. The fourth-order valence-corrected chi connectivity index (χ4v) is 3.06. The number of para-hydroxylation sites is 1. The number of hydrogen-bond donors (Lipinski definition) is 2. The molecule has 1 aliphatic carbocycles. The zero-order valence-corrected chi connectivity index (χ0v) is 11.3. The Balaban J connectivity index is 2.00. The molecule has 0 radical (unpaired) electrons. The quantitative estimate of drug-likeness (QED) is 0.758. The number of amidine groups is 1. The van der Waals surface area contributed by atoms with Crippen molar-refractivity contribution in [3.8, 4) is 5.75 Å². The third-order valence-corrected chi connectivity index (χ3v) is 3.99. The van der Waals surface area contributed by atoms with Crippen LogP contribution in [0.25, 0.3) is 0 Å². The minimum atomic E-state index is -0.686. The molecule has 0 fully saturated rings. The first-order valence-electron chi connectivity index (χ1n) is 6.83. The number of rotatable bonds is 0. The van der Waals surface area contributed by atoms with E-state index in [1.54, 1.807) is 6.26 Å². The lowest BCUT2D eigenvalue weighted by Crippen LogP contribution is -2.38. The molecule has 2 heterocycles. The van der Waals surface area contributed by atoms with E-state index in [-0.39, 0.29) is 12.1 Å². The van der Waals surface area contributed by atoms with Crippen molar-refractivity contribution in [2.24, 2.45) is 16.5 Å². The molecule has 5 nitrogen and oxygen atoms in total. The Morgan fingerprint density at radius 2 is 2.14 bits per heavy atom. The molecule has 3 aliphatic rings. The lowest BCUT2D eigenvalue weighted by Gasteiger charge is -2.39. The lowest BCUT2D eigenvalue weighted by atomic mass is 9.76. The van der Waals surface area contributed by atoms with E-state index in [9.17, 15) is 0 Å². The number of nitrogens with zero attached hydrogens (tertiary/aromatic N) is 1. The smallest absolute Gasteiger partial charge is 0.288 e. The minimum Gasteiger partial charge on any atom is -0.457 e. The van der Waals surface area contributed by atoms with Gasteiger partial charge in [0.2, 0.25) is 0 Å². The van der Waals surface area contributed by atoms with E-state index in [0.29, 0.717) is 6.42 Å². The van der Waals surface area contributed by atoms with Gasteiger partial charge in [0.25, 0.3) is 6.02 Å². The van der Waals surface area contributed by atoms with Crippen molar-refractivity contribution >= 4 is 6.02 Å². The molecule has 4 rings (SSSR count). The lowest BCUT2D eigenvalue weighted by molar-refractivity contribution is 0.355. The average Bonchev–Trinajstić information content (AvgIpc) is 2.49. The van der Waals surface area contributed by atoms with E-state index in [2.05, 4.69) is 4.99 Å². The van der Waals surface area contributed by atoms with Crippen LogP contribution in [-0.2, 0) is 10.3 Å². The van der Waals surface area contributed by atoms with Gasteiger partial charge < -0.3 is 20.9 Å². The Hall–Kier alpha value is -2.53. The van der Waals surface area contributed by atoms with Gasteiger partial charge in [-0.15, -0.1) is 0 Å². The van der Waals surface area contributed by atoms with Crippen LogP contribution in [0.3, 0.4) is 0 Å². The van der Waals surface area contributed by atoms with E-state index >= 15 is 0 Å². The second-order valence-electron chi connectivity index (χ2n) is 5.31. The Labute approximate surface area is 122 Å². The Bertz CT molecular complexity index is 733. The molecule has 21 heavy (non-hydrogen) atoms. The van der Waals surface area contributed by atoms with Gasteiger partial charge in [-0.1, -0.05) is 24.3 Å². The maximum absolute atomic E-state index is 6.07. The average molecular weight is 281 g/mol. The fourth-order valence-electron chi connectivity index (χ4n) is 3.06. The predicted molar refractivity (Wildman–Crippen MR) is 79.4 cm³/mol. The van der Waals surface area contributed by atoms with Gasteiger partial charge in [0, 0.05) is 17.2 Å². The summed E-state index contributed by atoms with van der Waals surface area (Å²) in [6.45, 7) is 0. The second-order valence-corrected chi connectivity index (χ2v) is 5.31. The van der Waals surface area contributed by atoms with Crippen LogP contribution in [0.1, 0.15) is 12.0 Å². The van der Waals surface area contributed by atoms with Crippen LogP contribution < -0.4 is 16.2 Å². The zero-order chi connectivity index (χ0) is 14.4. The third kappa shape index (κ3) is 1.71. The molecule has 0 bridgehead atoms. The summed E-state index contributed by atoms with van der Waals surface area (Å²) in [7, 11) is 0. The molecule has 0 saturated heterocycles. The van der Waals surface area contributed by atoms with Crippen LogP contribution in [0.5, 0.6) is 5.75 Å². The van der Waals surface area contributed by atoms with Gasteiger partial charge in [0.05, 0.1) is 6.26 Å². The first-order valence-corrected chi connectivity index (χ1v) is 6.83. The second kappa shape index (κ2) is 4.23. The van der Waals surface area contributed by atoms with E-state index < -0.39 is 5.54 Å². The van der Waals surface area contributed by atoms with Gasteiger partial charge in [0.15, 0.2) is 0 Å². The van der Waals surface area contributed by atoms with Crippen molar-refractivity contribution in [1.29, 1.82) is 0 Å². The fraction of sp³-hybridized carbons (Fsp3) is 0.188. The van der Waals surface area contributed by atoms with Crippen molar-refractivity contribution < 1.29 is 9.47 Å². The van der Waals surface area contributed by atoms with Crippen molar-refractivity contribution in [1.82, 2.24) is 0 Å². The first-order chi connectivity index (χ1) is 10.2. The van der Waals surface area contributed by atoms with Crippen LogP contribution >= 0.6 is 0 Å². The molecular formula is C16H15N3O2. The molecule has 2 aliphatic heterocycles. The molecule has 1 spiro atoms. The van der Waals surface area contributed by atoms with Crippen LogP contribution in [0.15, 0.2) is 65.1 Å². The van der Waals surface area contributed by atoms with Gasteiger partial charge in [-0.2, -0.15) is 0 Å². The summed E-state index contributed by atoms with van der Waals surface area (Å²) in [5, 5.41) is 0. The molecule has 0 aromatic heterocycles. The van der Waals surface area contributed by atoms with Gasteiger partial charge in [-0.3, -0.25) is 0 Å². The molecule has 106 valence electrons. The van der Waals surface area contributed by atoms with Gasteiger partial charge in [-0.25, -0.2) is 4.99 Å². The van der Waals surface area contributed by atoms with E-state index in [1.807, 2.05) is 42.5 Å². The normalized spacial score (nSPS) is 29.4. The molecule has 4 N–H and O–H groups in total. The molecule has 5 heteroatoms. The monoisotopic (exact) mass is 281 g/mol.